The first-order valence-electron chi connectivity index (χ1n) is 9.49. The zero-order valence-corrected chi connectivity index (χ0v) is 15.7. The maximum atomic E-state index is 13.2. The molecule has 2 aromatic carbocycles. The van der Waals surface area contributed by atoms with Gasteiger partial charge in [0.15, 0.2) is 0 Å². The van der Waals surface area contributed by atoms with Crippen molar-refractivity contribution in [2.45, 2.75) is 44.2 Å². The van der Waals surface area contributed by atoms with Crippen molar-refractivity contribution in [1.82, 2.24) is 5.32 Å². The van der Waals surface area contributed by atoms with Crippen molar-refractivity contribution in [2.24, 2.45) is 11.7 Å². The second kappa shape index (κ2) is 9.00. The van der Waals surface area contributed by atoms with Gasteiger partial charge in [0.2, 0.25) is 5.91 Å². The molecule has 5 heteroatoms. The summed E-state index contributed by atoms with van der Waals surface area (Å²) in [6.45, 7) is 0. The molecule has 0 spiro atoms. The van der Waals surface area contributed by atoms with E-state index in [2.05, 4.69) is 5.32 Å². The molecule has 144 valence electrons. The zero-order valence-electron chi connectivity index (χ0n) is 15.7. The molecular weight excluding hydrogens is 343 g/mol. The average molecular weight is 370 g/mol. The van der Waals surface area contributed by atoms with Gasteiger partial charge in [-0.05, 0) is 61.1 Å². The molecule has 3 rings (SSSR count). The molecule has 3 unspecified atom stereocenters. The molecule has 0 heterocycles. The van der Waals surface area contributed by atoms with Crippen molar-refractivity contribution in [3.63, 3.8) is 0 Å². The Morgan fingerprint density at radius 2 is 1.89 bits per heavy atom. The topological polar surface area (TPSA) is 64.3 Å². The summed E-state index contributed by atoms with van der Waals surface area (Å²) in [4.78, 5) is 12.8. The number of methoxy groups -OCH3 is 1. The van der Waals surface area contributed by atoms with Crippen molar-refractivity contribution in [1.29, 1.82) is 0 Å². The van der Waals surface area contributed by atoms with Crippen LogP contribution in [0.15, 0.2) is 48.5 Å². The van der Waals surface area contributed by atoms with E-state index in [0.29, 0.717) is 6.42 Å². The van der Waals surface area contributed by atoms with Crippen LogP contribution in [-0.4, -0.2) is 19.1 Å². The molecule has 1 fully saturated rings. The van der Waals surface area contributed by atoms with Crippen molar-refractivity contribution >= 4 is 5.91 Å². The number of carbonyl (C=O) groups is 1. The van der Waals surface area contributed by atoms with Crippen molar-refractivity contribution in [3.05, 3.63) is 65.5 Å². The van der Waals surface area contributed by atoms with Crippen molar-refractivity contribution in [3.8, 4) is 5.75 Å². The Morgan fingerprint density at radius 3 is 2.52 bits per heavy atom. The van der Waals surface area contributed by atoms with Crippen LogP contribution in [0.3, 0.4) is 0 Å². The van der Waals surface area contributed by atoms with Gasteiger partial charge in [-0.15, -0.1) is 0 Å². The van der Waals surface area contributed by atoms with Crippen LogP contribution in [0, 0.1) is 11.7 Å². The molecule has 0 bridgehead atoms. The van der Waals surface area contributed by atoms with Gasteiger partial charge in [-0.2, -0.15) is 0 Å². The molecule has 3 N–H and O–H groups in total. The lowest BCUT2D eigenvalue weighted by molar-refractivity contribution is -0.126. The predicted molar refractivity (Wildman–Crippen MR) is 104 cm³/mol. The fourth-order valence-corrected chi connectivity index (χ4v) is 3.70. The maximum Gasteiger partial charge on any atom is 0.223 e. The van der Waals surface area contributed by atoms with Gasteiger partial charge >= 0.3 is 0 Å². The molecule has 4 nitrogen and oxygen atoms in total. The van der Waals surface area contributed by atoms with Crippen LogP contribution in [-0.2, 0) is 11.2 Å². The van der Waals surface area contributed by atoms with Gasteiger partial charge in [-0.3, -0.25) is 4.79 Å². The van der Waals surface area contributed by atoms with Gasteiger partial charge in [0.05, 0.1) is 13.2 Å². The number of hydrogen-bond acceptors (Lipinski definition) is 3. The van der Waals surface area contributed by atoms with Crippen LogP contribution in [0.4, 0.5) is 4.39 Å². The summed E-state index contributed by atoms with van der Waals surface area (Å²) in [5, 5.41) is 3.20. The molecule has 0 saturated heterocycles. The quantitative estimate of drug-likeness (QED) is 0.814. The summed E-state index contributed by atoms with van der Waals surface area (Å²) < 4.78 is 18.5. The summed E-state index contributed by atoms with van der Waals surface area (Å²) in [6.07, 6.45) is 4.19. The van der Waals surface area contributed by atoms with Crippen molar-refractivity contribution in [2.75, 3.05) is 7.11 Å². The van der Waals surface area contributed by atoms with Crippen LogP contribution in [0.1, 0.15) is 42.9 Å². The first-order valence-corrected chi connectivity index (χ1v) is 9.49. The number of ether oxygens (including phenoxy) is 1. The molecule has 0 aromatic heterocycles. The van der Waals surface area contributed by atoms with E-state index < -0.39 is 0 Å². The highest BCUT2D eigenvalue weighted by atomic mass is 19.1. The van der Waals surface area contributed by atoms with Crippen LogP contribution in [0.2, 0.25) is 0 Å². The third-order valence-corrected chi connectivity index (χ3v) is 5.27. The van der Waals surface area contributed by atoms with E-state index >= 15 is 0 Å². The first-order chi connectivity index (χ1) is 13.0. The highest BCUT2D eigenvalue weighted by Crippen LogP contribution is 2.26. The standard InChI is InChI=1S/C22H27FN2O2/c1-27-20-11-7-16(8-12-20)21(13-15-5-9-18(23)10-6-15)25-22(26)17-3-2-4-19(24)14-17/h5-12,17,19,21H,2-4,13-14,24H2,1H3,(H,25,26). The van der Waals surface area contributed by atoms with Gasteiger partial charge in [0.1, 0.15) is 11.6 Å². The zero-order chi connectivity index (χ0) is 19.2. The number of benzene rings is 2. The van der Waals surface area contributed by atoms with Gasteiger partial charge < -0.3 is 15.8 Å². The fourth-order valence-electron chi connectivity index (χ4n) is 3.70. The summed E-state index contributed by atoms with van der Waals surface area (Å²) in [5.74, 6) is 0.514. The molecule has 2 aromatic rings. The normalized spacial score (nSPS) is 20.7. The molecule has 3 atom stereocenters. The lowest BCUT2D eigenvalue weighted by Crippen LogP contribution is -2.39. The summed E-state index contributed by atoms with van der Waals surface area (Å²) >= 11 is 0. The predicted octanol–water partition coefficient (Wildman–Crippen LogP) is 3.75. The first kappa shape index (κ1) is 19.4. The molecule has 0 aliphatic heterocycles. The number of nitrogens with two attached hydrogens (primary N) is 1. The van der Waals surface area contributed by atoms with Crippen LogP contribution < -0.4 is 15.8 Å². The Kier molecular flexibility index (Phi) is 6.45. The Labute approximate surface area is 159 Å². The smallest absolute Gasteiger partial charge is 0.223 e. The van der Waals surface area contributed by atoms with Gasteiger partial charge in [0, 0.05) is 12.0 Å². The van der Waals surface area contributed by atoms with Gasteiger partial charge in [-0.1, -0.05) is 30.7 Å². The van der Waals surface area contributed by atoms with Crippen molar-refractivity contribution < 1.29 is 13.9 Å². The third kappa shape index (κ3) is 5.30. The summed E-state index contributed by atoms with van der Waals surface area (Å²) in [6, 6.07) is 14.0. The second-order valence-corrected chi connectivity index (χ2v) is 7.29. The summed E-state index contributed by atoms with van der Waals surface area (Å²) in [5.41, 5.74) is 8.01. The van der Waals surface area contributed by atoms with E-state index in [9.17, 15) is 9.18 Å². The molecule has 1 saturated carbocycles. The highest BCUT2D eigenvalue weighted by molar-refractivity contribution is 5.79. The fraction of sp³-hybridized carbons (Fsp3) is 0.409. The van der Waals surface area contributed by atoms with Crippen LogP contribution in [0.5, 0.6) is 5.75 Å². The number of carbonyl (C=O) groups excluding carboxylic acids is 1. The minimum atomic E-state index is -0.264. The van der Waals surface area contributed by atoms with E-state index in [4.69, 9.17) is 10.5 Å². The number of rotatable bonds is 6. The molecule has 1 amide bonds. The third-order valence-electron chi connectivity index (χ3n) is 5.27. The van der Waals surface area contributed by atoms with E-state index in [0.717, 1.165) is 42.6 Å². The van der Waals surface area contributed by atoms with Crippen LogP contribution in [0.25, 0.3) is 0 Å². The Morgan fingerprint density at radius 1 is 1.19 bits per heavy atom. The Bertz CT molecular complexity index is 746. The number of amides is 1. The van der Waals surface area contributed by atoms with Gasteiger partial charge in [0.25, 0.3) is 0 Å². The lowest BCUT2D eigenvalue weighted by Gasteiger charge is -2.28. The second-order valence-electron chi connectivity index (χ2n) is 7.29. The van der Waals surface area contributed by atoms with E-state index in [1.165, 1.54) is 12.1 Å². The number of nitrogens with one attached hydrogen (secondary N) is 1. The monoisotopic (exact) mass is 370 g/mol. The molecule has 1 aliphatic rings. The van der Waals surface area contributed by atoms with E-state index in [-0.39, 0.29) is 29.7 Å². The lowest BCUT2D eigenvalue weighted by atomic mass is 9.85. The Hall–Kier alpha value is -2.40. The minimum absolute atomic E-state index is 0.0392. The molecule has 1 aliphatic carbocycles. The molecule has 0 radical (unpaired) electrons. The largest absolute Gasteiger partial charge is 0.497 e. The van der Waals surface area contributed by atoms with E-state index in [1.54, 1.807) is 19.2 Å². The minimum Gasteiger partial charge on any atom is -0.497 e. The summed E-state index contributed by atoms with van der Waals surface area (Å²) in [7, 11) is 1.62. The van der Waals surface area contributed by atoms with Gasteiger partial charge in [-0.25, -0.2) is 4.39 Å². The van der Waals surface area contributed by atoms with Crippen LogP contribution >= 0.6 is 0 Å². The number of halogens is 1. The SMILES string of the molecule is COc1ccc(C(Cc2ccc(F)cc2)NC(=O)C2CCCC(N)C2)cc1. The Balaban J connectivity index is 1.77. The number of hydrogen-bond donors (Lipinski definition) is 2. The average Bonchev–Trinajstić information content (AvgIpc) is 2.69. The maximum absolute atomic E-state index is 13.2. The highest BCUT2D eigenvalue weighted by Gasteiger charge is 2.27. The molecule has 27 heavy (non-hydrogen) atoms. The van der Waals surface area contributed by atoms with E-state index in [1.807, 2.05) is 24.3 Å². The molecular formula is C22H27FN2O2.